The average molecular weight is 339 g/mol. The summed E-state index contributed by atoms with van der Waals surface area (Å²) < 4.78 is 1.65. The highest BCUT2D eigenvalue weighted by Crippen LogP contribution is 2.45. The molecular formula is C18H15ClN4O. The fourth-order valence-corrected chi connectivity index (χ4v) is 3.28. The molecule has 0 saturated heterocycles. The predicted octanol–water partition coefficient (Wildman–Crippen LogP) is 4.13. The number of carbonyl (C=O) groups is 1. The van der Waals surface area contributed by atoms with Crippen LogP contribution in [0.1, 0.15) is 10.4 Å². The summed E-state index contributed by atoms with van der Waals surface area (Å²) in [4.78, 5) is 16.9. The van der Waals surface area contributed by atoms with Crippen LogP contribution >= 0.6 is 11.6 Å². The second kappa shape index (κ2) is 5.39. The standard InChI is InChI=1S/C18H15ClN4O/c1-21-11-13-17(20-21)22(2)15-10-6-9-14(19)16(15)23(18(13)24)12-7-4-3-5-8-12/h3-11H,1-2H3. The molecule has 0 unspecified atom stereocenters. The maximum absolute atomic E-state index is 13.3. The van der Waals surface area contributed by atoms with Gasteiger partial charge in [0, 0.05) is 26.0 Å². The Morgan fingerprint density at radius 2 is 1.75 bits per heavy atom. The van der Waals surface area contributed by atoms with E-state index in [4.69, 9.17) is 11.6 Å². The molecule has 5 nitrogen and oxygen atoms in total. The zero-order chi connectivity index (χ0) is 16.8. The van der Waals surface area contributed by atoms with E-state index < -0.39 is 0 Å². The molecule has 6 heteroatoms. The highest BCUT2D eigenvalue weighted by atomic mass is 35.5. The Balaban J connectivity index is 2.06. The predicted molar refractivity (Wildman–Crippen MR) is 95.6 cm³/mol. The Morgan fingerprint density at radius 3 is 2.50 bits per heavy atom. The molecule has 1 aliphatic heterocycles. The number of hydrogen-bond donors (Lipinski definition) is 0. The minimum Gasteiger partial charge on any atom is -0.325 e. The number of anilines is 4. The Labute approximate surface area is 144 Å². The number of hydrogen-bond acceptors (Lipinski definition) is 3. The number of para-hydroxylation sites is 2. The van der Waals surface area contributed by atoms with Gasteiger partial charge in [-0.2, -0.15) is 5.10 Å². The lowest BCUT2D eigenvalue weighted by molar-refractivity contribution is 0.100. The van der Waals surface area contributed by atoms with Crippen LogP contribution in [-0.2, 0) is 7.05 Å². The van der Waals surface area contributed by atoms with Gasteiger partial charge in [0.25, 0.3) is 5.91 Å². The van der Waals surface area contributed by atoms with E-state index in [2.05, 4.69) is 5.10 Å². The van der Waals surface area contributed by atoms with E-state index in [0.29, 0.717) is 22.1 Å². The maximum Gasteiger partial charge on any atom is 0.268 e. The summed E-state index contributed by atoms with van der Waals surface area (Å²) in [6.45, 7) is 0. The molecule has 1 aromatic heterocycles. The minimum absolute atomic E-state index is 0.150. The zero-order valence-electron chi connectivity index (χ0n) is 13.3. The van der Waals surface area contributed by atoms with E-state index in [9.17, 15) is 4.79 Å². The van der Waals surface area contributed by atoms with Crippen molar-refractivity contribution in [3.05, 3.63) is 65.3 Å². The molecule has 0 fully saturated rings. The largest absolute Gasteiger partial charge is 0.325 e. The van der Waals surface area contributed by atoms with Crippen LogP contribution in [0.5, 0.6) is 0 Å². The van der Waals surface area contributed by atoms with Crippen molar-refractivity contribution in [2.45, 2.75) is 0 Å². The van der Waals surface area contributed by atoms with Gasteiger partial charge in [-0.25, -0.2) is 0 Å². The number of rotatable bonds is 1. The van der Waals surface area contributed by atoms with E-state index >= 15 is 0 Å². The number of carbonyl (C=O) groups excluding carboxylic acids is 1. The first-order valence-corrected chi connectivity index (χ1v) is 7.91. The van der Waals surface area contributed by atoms with Crippen LogP contribution in [0.4, 0.5) is 22.9 Å². The van der Waals surface area contributed by atoms with Gasteiger partial charge < -0.3 is 4.90 Å². The van der Waals surface area contributed by atoms with Crippen molar-refractivity contribution in [1.29, 1.82) is 0 Å². The molecular weight excluding hydrogens is 324 g/mol. The number of nitrogens with zero attached hydrogens (tertiary/aromatic N) is 4. The van der Waals surface area contributed by atoms with Gasteiger partial charge in [-0.1, -0.05) is 35.9 Å². The summed E-state index contributed by atoms with van der Waals surface area (Å²) in [5.74, 6) is 0.465. The third kappa shape index (κ3) is 2.09. The molecule has 1 aliphatic rings. The van der Waals surface area contributed by atoms with Gasteiger partial charge in [-0.3, -0.25) is 14.4 Å². The van der Waals surface area contributed by atoms with Gasteiger partial charge in [0.1, 0.15) is 5.56 Å². The van der Waals surface area contributed by atoms with Gasteiger partial charge >= 0.3 is 0 Å². The fourth-order valence-electron chi connectivity index (χ4n) is 3.03. The molecule has 120 valence electrons. The average Bonchev–Trinajstić information content (AvgIpc) is 2.95. The molecule has 0 N–H and O–H groups in total. The molecule has 0 spiro atoms. The third-order valence-corrected chi connectivity index (χ3v) is 4.43. The topological polar surface area (TPSA) is 41.4 Å². The van der Waals surface area contributed by atoms with Crippen LogP contribution in [0.25, 0.3) is 0 Å². The number of benzene rings is 2. The second-order valence-corrected chi connectivity index (χ2v) is 6.09. The number of fused-ring (bicyclic) bond motifs is 2. The first kappa shape index (κ1) is 14.8. The van der Waals surface area contributed by atoms with Gasteiger partial charge in [-0.15, -0.1) is 0 Å². The Bertz CT molecular complexity index is 935. The molecule has 3 aromatic rings. The fraction of sp³-hybridized carbons (Fsp3) is 0.111. The molecule has 1 amide bonds. The lowest BCUT2D eigenvalue weighted by Gasteiger charge is -2.25. The van der Waals surface area contributed by atoms with E-state index in [1.54, 1.807) is 21.8 Å². The Morgan fingerprint density at radius 1 is 1.00 bits per heavy atom. The van der Waals surface area contributed by atoms with Crippen LogP contribution in [-0.4, -0.2) is 22.7 Å². The van der Waals surface area contributed by atoms with Crippen molar-refractivity contribution in [2.75, 3.05) is 16.8 Å². The molecule has 0 bridgehead atoms. The van der Waals surface area contributed by atoms with Crippen molar-refractivity contribution < 1.29 is 4.79 Å². The number of halogens is 1. The van der Waals surface area contributed by atoms with Gasteiger partial charge in [0.2, 0.25) is 0 Å². The maximum atomic E-state index is 13.3. The number of amides is 1. The molecule has 2 heterocycles. The number of aryl methyl sites for hydroxylation is 1. The normalized spacial score (nSPS) is 13.5. The summed E-state index contributed by atoms with van der Waals surface area (Å²) in [5.41, 5.74) is 2.80. The smallest absolute Gasteiger partial charge is 0.268 e. The molecule has 4 rings (SSSR count). The lowest BCUT2D eigenvalue weighted by Crippen LogP contribution is -2.25. The second-order valence-electron chi connectivity index (χ2n) is 5.68. The van der Waals surface area contributed by atoms with Gasteiger partial charge in [0.05, 0.1) is 16.4 Å². The molecule has 0 atom stereocenters. The van der Waals surface area contributed by atoms with Crippen molar-refractivity contribution >= 4 is 40.4 Å². The van der Waals surface area contributed by atoms with Crippen LogP contribution in [0.2, 0.25) is 5.02 Å². The summed E-state index contributed by atoms with van der Waals surface area (Å²) >= 11 is 6.48. The van der Waals surface area contributed by atoms with Gasteiger partial charge in [-0.05, 0) is 24.3 Å². The monoisotopic (exact) mass is 338 g/mol. The first-order chi connectivity index (χ1) is 11.6. The Kier molecular flexibility index (Phi) is 3.32. The highest BCUT2D eigenvalue weighted by Gasteiger charge is 2.34. The van der Waals surface area contributed by atoms with Crippen LogP contribution < -0.4 is 9.80 Å². The van der Waals surface area contributed by atoms with E-state index in [-0.39, 0.29) is 5.91 Å². The minimum atomic E-state index is -0.150. The van der Waals surface area contributed by atoms with Crippen molar-refractivity contribution in [3.8, 4) is 0 Å². The van der Waals surface area contributed by atoms with Crippen molar-refractivity contribution in [2.24, 2.45) is 7.05 Å². The summed E-state index contributed by atoms with van der Waals surface area (Å²) in [6.07, 6.45) is 1.74. The number of aromatic nitrogens is 2. The van der Waals surface area contributed by atoms with Crippen molar-refractivity contribution in [3.63, 3.8) is 0 Å². The van der Waals surface area contributed by atoms with Crippen LogP contribution in [0, 0.1) is 0 Å². The quantitative estimate of drug-likeness (QED) is 0.669. The molecule has 2 aromatic carbocycles. The highest BCUT2D eigenvalue weighted by molar-refractivity contribution is 6.36. The molecule has 0 saturated carbocycles. The zero-order valence-corrected chi connectivity index (χ0v) is 14.0. The van der Waals surface area contributed by atoms with Gasteiger partial charge in [0.15, 0.2) is 5.82 Å². The molecule has 24 heavy (non-hydrogen) atoms. The molecule has 0 radical (unpaired) electrons. The van der Waals surface area contributed by atoms with E-state index in [0.717, 1.165) is 11.4 Å². The first-order valence-electron chi connectivity index (χ1n) is 7.53. The van der Waals surface area contributed by atoms with E-state index in [1.807, 2.05) is 61.5 Å². The van der Waals surface area contributed by atoms with Crippen molar-refractivity contribution in [1.82, 2.24) is 9.78 Å². The Hall–Kier alpha value is -2.79. The summed E-state index contributed by atoms with van der Waals surface area (Å²) in [7, 11) is 3.70. The summed E-state index contributed by atoms with van der Waals surface area (Å²) in [5, 5.41) is 4.97. The lowest BCUT2D eigenvalue weighted by atomic mass is 10.2. The van der Waals surface area contributed by atoms with E-state index in [1.165, 1.54) is 0 Å². The third-order valence-electron chi connectivity index (χ3n) is 4.13. The van der Waals surface area contributed by atoms with Crippen LogP contribution in [0.3, 0.4) is 0 Å². The van der Waals surface area contributed by atoms with Crippen LogP contribution in [0.15, 0.2) is 54.7 Å². The molecule has 0 aliphatic carbocycles. The SMILES string of the molecule is CN1c2cccc(Cl)c2N(c2ccccc2)C(=O)c2cn(C)nc21. The summed E-state index contributed by atoms with van der Waals surface area (Å²) in [6, 6.07) is 15.1.